The number of nitrogens with one attached hydrogen (secondary N) is 1. The number of nitrogens with zero attached hydrogens (tertiary/aromatic N) is 2. The molecule has 0 saturated carbocycles. The summed E-state index contributed by atoms with van der Waals surface area (Å²) in [5.74, 6) is 1.41. The zero-order valence-corrected chi connectivity index (χ0v) is 15.5. The second-order valence-corrected chi connectivity index (χ2v) is 7.08. The summed E-state index contributed by atoms with van der Waals surface area (Å²) >= 11 is 7.95. The number of hydrogen-bond donors (Lipinski definition) is 1. The number of alkyl halides is 3. The number of allylic oxidation sites excluding steroid dienone is 3. The average Bonchev–Trinajstić information content (AvgIpc) is 2.61. The van der Waals surface area contributed by atoms with Gasteiger partial charge in [0.2, 0.25) is 5.96 Å². The van der Waals surface area contributed by atoms with E-state index in [2.05, 4.69) is 10.3 Å². The van der Waals surface area contributed by atoms with Gasteiger partial charge in [0.15, 0.2) is 0 Å². The van der Waals surface area contributed by atoms with Crippen molar-refractivity contribution in [3.05, 3.63) is 64.5 Å². The Labute approximate surface area is 159 Å². The lowest BCUT2D eigenvalue weighted by Crippen LogP contribution is -2.42. The van der Waals surface area contributed by atoms with Crippen molar-refractivity contribution in [3.63, 3.8) is 0 Å². The first kappa shape index (κ1) is 18.9. The maximum Gasteiger partial charge on any atom is 0.416 e. The maximum absolute atomic E-state index is 13.2. The lowest BCUT2D eigenvalue weighted by molar-refractivity contribution is -0.0885. The van der Waals surface area contributed by atoms with E-state index in [0.29, 0.717) is 34.4 Å². The molecule has 2 heterocycles. The van der Waals surface area contributed by atoms with Crippen LogP contribution in [-0.4, -0.2) is 42.1 Å². The second kappa shape index (κ2) is 7.80. The minimum absolute atomic E-state index is 0.257. The van der Waals surface area contributed by atoms with E-state index in [-0.39, 0.29) is 6.54 Å². The molecular formula is C18H17ClF3N3S. The number of rotatable bonds is 4. The van der Waals surface area contributed by atoms with Crippen LogP contribution in [0.25, 0.3) is 5.57 Å². The molecule has 3 nitrogen and oxygen atoms in total. The molecule has 0 aromatic heterocycles. The molecule has 26 heavy (non-hydrogen) atoms. The lowest BCUT2D eigenvalue weighted by Gasteiger charge is -2.33. The summed E-state index contributed by atoms with van der Waals surface area (Å²) in [6, 6.07) is 7.11. The van der Waals surface area contributed by atoms with Gasteiger partial charge >= 0.3 is 6.18 Å². The number of hydrogen-bond acceptors (Lipinski definition) is 4. The van der Waals surface area contributed by atoms with E-state index in [0.717, 1.165) is 17.9 Å². The highest BCUT2D eigenvalue weighted by atomic mass is 35.5. The molecule has 0 unspecified atom stereocenters. The predicted molar refractivity (Wildman–Crippen MR) is 102 cm³/mol. The van der Waals surface area contributed by atoms with Crippen molar-refractivity contribution in [3.8, 4) is 0 Å². The van der Waals surface area contributed by atoms with E-state index in [1.807, 2.05) is 12.3 Å². The predicted octanol–water partition coefficient (Wildman–Crippen LogP) is 4.69. The fourth-order valence-electron chi connectivity index (χ4n) is 2.74. The second-order valence-electron chi connectivity index (χ2n) is 5.69. The lowest BCUT2D eigenvalue weighted by atomic mass is 9.98. The third kappa shape index (κ3) is 3.94. The normalized spacial score (nSPS) is 17.0. The minimum Gasteiger partial charge on any atom is -0.355 e. The van der Waals surface area contributed by atoms with Gasteiger partial charge in [-0.3, -0.25) is 4.90 Å². The van der Waals surface area contributed by atoms with Crippen LogP contribution in [0.15, 0.2) is 58.9 Å². The summed E-state index contributed by atoms with van der Waals surface area (Å²) in [6.07, 6.45) is 1.19. The number of benzene rings is 1. The van der Waals surface area contributed by atoms with Gasteiger partial charge < -0.3 is 5.32 Å². The van der Waals surface area contributed by atoms with Crippen molar-refractivity contribution < 1.29 is 13.2 Å². The maximum atomic E-state index is 13.2. The Morgan fingerprint density at radius 2 is 2.08 bits per heavy atom. The van der Waals surface area contributed by atoms with Crippen LogP contribution >= 0.6 is 23.4 Å². The van der Waals surface area contributed by atoms with Gasteiger partial charge in [0, 0.05) is 34.7 Å². The quantitative estimate of drug-likeness (QED) is 0.744. The Bertz CT molecular complexity index is 812. The van der Waals surface area contributed by atoms with Crippen LogP contribution in [0.4, 0.5) is 13.2 Å². The number of aliphatic imine (C=N–C) groups is 1. The first-order valence-corrected chi connectivity index (χ1v) is 9.70. The van der Waals surface area contributed by atoms with Gasteiger partial charge in [0.05, 0.1) is 17.8 Å². The smallest absolute Gasteiger partial charge is 0.355 e. The topological polar surface area (TPSA) is 27.6 Å². The largest absolute Gasteiger partial charge is 0.416 e. The Balaban J connectivity index is 2.03. The van der Waals surface area contributed by atoms with Gasteiger partial charge in [-0.1, -0.05) is 29.8 Å². The molecule has 2 aliphatic rings. The Hall–Kier alpha value is -1.86. The SMILES string of the molecule is CSCCNC1=NCC(c2ccccc2Cl)=C2C=C(C(F)(F)F)C=CN12. The number of guanidine groups is 1. The van der Waals surface area contributed by atoms with E-state index < -0.39 is 11.7 Å². The van der Waals surface area contributed by atoms with E-state index >= 15 is 0 Å². The van der Waals surface area contributed by atoms with Gasteiger partial charge in [0.1, 0.15) is 0 Å². The van der Waals surface area contributed by atoms with Gasteiger partial charge in [0.25, 0.3) is 0 Å². The summed E-state index contributed by atoms with van der Waals surface area (Å²) in [5.41, 5.74) is 1.10. The first-order chi connectivity index (χ1) is 12.4. The molecule has 0 atom stereocenters. The highest BCUT2D eigenvalue weighted by molar-refractivity contribution is 7.98. The Morgan fingerprint density at radius 1 is 1.31 bits per heavy atom. The summed E-state index contributed by atoms with van der Waals surface area (Å²) < 4.78 is 39.7. The van der Waals surface area contributed by atoms with Gasteiger partial charge in [-0.05, 0) is 24.5 Å². The molecule has 1 aromatic rings. The van der Waals surface area contributed by atoms with Crippen molar-refractivity contribution >= 4 is 34.9 Å². The van der Waals surface area contributed by atoms with Gasteiger partial charge in [-0.2, -0.15) is 24.9 Å². The molecule has 0 radical (unpaired) electrons. The van der Waals surface area contributed by atoms with Crippen LogP contribution in [-0.2, 0) is 0 Å². The summed E-state index contributed by atoms with van der Waals surface area (Å²) in [4.78, 5) is 6.17. The highest BCUT2D eigenvalue weighted by Gasteiger charge is 2.36. The van der Waals surface area contributed by atoms with Crippen LogP contribution < -0.4 is 5.32 Å². The van der Waals surface area contributed by atoms with Crippen molar-refractivity contribution in [2.75, 3.05) is 25.1 Å². The molecule has 0 amide bonds. The average molecular weight is 400 g/mol. The zero-order chi connectivity index (χ0) is 18.7. The number of thioether (sulfide) groups is 1. The third-order valence-corrected chi connectivity index (χ3v) is 4.94. The van der Waals surface area contributed by atoms with Crippen LogP contribution in [0.1, 0.15) is 5.56 Å². The van der Waals surface area contributed by atoms with Crippen LogP contribution in [0.5, 0.6) is 0 Å². The molecule has 1 aromatic carbocycles. The van der Waals surface area contributed by atoms with Crippen LogP contribution in [0.3, 0.4) is 0 Å². The van der Waals surface area contributed by atoms with Gasteiger partial charge in [-0.25, -0.2) is 4.99 Å². The Morgan fingerprint density at radius 3 is 2.77 bits per heavy atom. The van der Waals surface area contributed by atoms with Crippen LogP contribution in [0.2, 0.25) is 5.02 Å². The fourth-order valence-corrected chi connectivity index (χ4v) is 3.30. The standard InChI is InChI=1S/C18H17ClF3N3S/c1-26-9-7-23-17-24-11-14(13-4-2-3-5-15(13)19)16-10-12(18(20,21)22)6-8-25(16)17/h2-6,8,10H,7,9,11H2,1H3,(H,23,24). The van der Waals surface area contributed by atoms with E-state index in [1.165, 1.54) is 6.20 Å². The molecule has 0 bridgehead atoms. The minimum atomic E-state index is -4.41. The molecule has 1 N–H and O–H groups in total. The molecule has 2 aliphatic heterocycles. The Kier molecular flexibility index (Phi) is 5.67. The zero-order valence-electron chi connectivity index (χ0n) is 14.0. The number of fused-ring (bicyclic) bond motifs is 1. The van der Waals surface area contributed by atoms with Crippen molar-refractivity contribution in [1.29, 1.82) is 0 Å². The fraction of sp³-hybridized carbons (Fsp3) is 0.278. The van der Waals surface area contributed by atoms with Crippen molar-refractivity contribution in [2.45, 2.75) is 6.18 Å². The molecule has 8 heteroatoms. The molecule has 0 fully saturated rings. The summed E-state index contributed by atoms with van der Waals surface area (Å²) in [6.45, 7) is 0.932. The molecule has 0 saturated heterocycles. The van der Waals surface area contributed by atoms with Crippen LogP contribution in [0, 0.1) is 0 Å². The third-order valence-electron chi connectivity index (χ3n) is 3.99. The van der Waals surface area contributed by atoms with E-state index in [9.17, 15) is 13.2 Å². The molecular weight excluding hydrogens is 383 g/mol. The molecule has 0 aliphatic carbocycles. The summed E-state index contributed by atoms with van der Waals surface area (Å²) in [7, 11) is 0. The van der Waals surface area contributed by atoms with E-state index in [4.69, 9.17) is 11.6 Å². The monoisotopic (exact) mass is 399 g/mol. The van der Waals surface area contributed by atoms with E-state index in [1.54, 1.807) is 34.9 Å². The van der Waals surface area contributed by atoms with Crippen molar-refractivity contribution in [1.82, 2.24) is 10.2 Å². The summed E-state index contributed by atoms with van der Waals surface area (Å²) in [5, 5.41) is 3.67. The molecule has 3 rings (SSSR count). The first-order valence-electron chi connectivity index (χ1n) is 7.93. The van der Waals surface area contributed by atoms with Crippen molar-refractivity contribution in [2.24, 2.45) is 4.99 Å². The highest BCUT2D eigenvalue weighted by Crippen LogP contribution is 2.37. The molecule has 138 valence electrons. The molecule has 0 spiro atoms. The van der Waals surface area contributed by atoms with Gasteiger partial charge in [-0.15, -0.1) is 0 Å². The number of halogens is 4.